The summed E-state index contributed by atoms with van der Waals surface area (Å²) in [4.78, 5) is 24.0. The third-order valence-corrected chi connectivity index (χ3v) is 6.31. The van der Waals surface area contributed by atoms with Crippen LogP contribution in [0.5, 0.6) is 5.75 Å². The third-order valence-electron chi connectivity index (χ3n) is 5.82. The Labute approximate surface area is 233 Å². The van der Waals surface area contributed by atoms with Crippen LogP contribution in [0.1, 0.15) is 36.0 Å². The zero-order chi connectivity index (χ0) is 25.2. The smallest absolute Gasteiger partial charge is 0.405 e. The van der Waals surface area contributed by atoms with Gasteiger partial charge in [0.15, 0.2) is 0 Å². The van der Waals surface area contributed by atoms with Gasteiger partial charge in [-0.05, 0) is 56.0 Å². The Morgan fingerprint density at radius 3 is 2.32 bits per heavy atom. The maximum atomic E-state index is 12.8. The number of carbonyl (C=O) groups is 1. The van der Waals surface area contributed by atoms with Crippen molar-refractivity contribution >= 4 is 69.3 Å². The third kappa shape index (κ3) is 7.99. The van der Waals surface area contributed by atoms with E-state index in [4.69, 9.17) is 0 Å². The molecule has 0 spiro atoms. The number of fused-ring (bicyclic) bond motifs is 1. The van der Waals surface area contributed by atoms with Crippen LogP contribution in [-0.2, 0) is 0 Å². The van der Waals surface area contributed by atoms with Crippen LogP contribution in [0.4, 0.5) is 24.9 Å². The number of amides is 1. The van der Waals surface area contributed by atoms with Crippen molar-refractivity contribution in [1.29, 1.82) is 0 Å². The highest BCUT2D eigenvalue weighted by molar-refractivity contribution is 9.10. The lowest BCUT2D eigenvalue weighted by atomic mass is 9.91. The number of hydrogen-bond acceptors (Lipinski definition) is 6. The van der Waals surface area contributed by atoms with Gasteiger partial charge in [0.25, 0.3) is 5.91 Å². The lowest BCUT2D eigenvalue weighted by Gasteiger charge is -2.30. The van der Waals surface area contributed by atoms with Gasteiger partial charge in [0.05, 0.1) is 11.1 Å². The van der Waals surface area contributed by atoms with Crippen LogP contribution in [-0.4, -0.2) is 48.4 Å². The fourth-order valence-electron chi connectivity index (χ4n) is 4.19. The average molecular weight is 625 g/mol. The first-order chi connectivity index (χ1) is 16.6. The molecule has 0 atom stereocenters. The molecule has 2 N–H and O–H groups in total. The molecule has 0 saturated heterocycles. The molecule has 0 bridgehead atoms. The topological polar surface area (TPSA) is 79.4 Å². The first-order valence-electron chi connectivity index (χ1n) is 11.2. The second-order valence-corrected chi connectivity index (χ2v) is 9.55. The van der Waals surface area contributed by atoms with Crippen LogP contribution in [0.15, 0.2) is 46.9 Å². The summed E-state index contributed by atoms with van der Waals surface area (Å²) in [6.07, 6.45) is -2.04. The van der Waals surface area contributed by atoms with Gasteiger partial charge >= 0.3 is 6.36 Å². The summed E-state index contributed by atoms with van der Waals surface area (Å²) >= 11 is 3.11. The summed E-state index contributed by atoms with van der Waals surface area (Å²) in [5.74, 6) is 0.237. The van der Waals surface area contributed by atoms with E-state index in [9.17, 15) is 18.0 Å². The van der Waals surface area contributed by atoms with Crippen molar-refractivity contribution in [3.63, 3.8) is 0 Å². The highest BCUT2D eigenvalue weighted by atomic mass is 79.9. The van der Waals surface area contributed by atoms with Gasteiger partial charge in [-0.15, -0.1) is 38.0 Å². The Bertz CT molecular complexity index is 1220. The predicted octanol–water partition coefficient (Wildman–Crippen LogP) is 6.35. The number of anilines is 2. The highest BCUT2D eigenvalue weighted by Gasteiger charge is 2.33. The number of nitrogens with one attached hydrogen (secondary N) is 2. The van der Waals surface area contributed by atoms with Crippen LogP contribution in [0, 0.1) is 0 Å². The van der Waals surface area contributed by atoms with E-state index < -0.39 is 18.0 Å². The van der Waals surface area contributed by atoms with Gasteiger partial charge in [-0.1, -0.05) is 28.1 Å². The van der Waals surface area contributed by atoms with Gasteiger partial charge in [-0.3, -0.25) is 4.79 Å². The SMILES string of the molecule is CN(C)c1nc(NC2CCC(NC(=O)c3ccc(Br)cc3OC(F)(F)F)CC2)nc2ccccc12.Cl.Cl. The molecule has 37 heavy (non-hydrogen) atoms. The Morgan fingerprint density at radius 2 is 1.68 bits per heavy atom. The van der Waals surface area contributed by atoms with Crippen molar-refractivity contribution in [3.05, 3.63) is 52.5 Å². The Hall–Kier alpha value is -2.50. The van der Waals surface area contributed by atoms with Crippen LogP contribution in [0.2, 0.25) is 0 Å². The predicted molar refractivity (Wildman–Crippen MR) is 146 cm³/mol. The van der Waals surface area contributed by atoms with Crippen molar-refractivity contribution in [2.75, 3.05) is 24.3 Å². The minimum absolute atomic E-state index is 0. The maximum absolute atomic E-state index is 12.8. The number of aromatic nitrogens is 2. The van der Waals surface area contributed by atoms with Crippen LogP contribution in [0.25, 0.3) is 10.9 Å². The molecule has 202 valence electrons. The van der Waals surface area contributed by atoms with Crippen molar-refractivity contribution in [2.24, 2.45) is 0 Å². The molecular weight excluding hydrogens is 598 g/mol. The van der Waals surface area contributed by atoms with Gasteiger partial charge in [-0.25, -0.2) is 4.98 Å². The number of benzene rings is 2. The molecule has 7 nitrogen and oxygen atoms in total. The monoisotopic (exact) mass is 623 g/mol. The lowest BCUT2D eigenvalue weighted by Crippen LogP contribution is -2.40. The van der Waals surface area contributed by atoms with E-state index in [0.717, 1.165) is 35.6 Å². The van der Waals surface area contributed by atoms with Crippen molar-refractivity contribution < 1.29 is 22.7 Å². The van der Waals surface area contributed by atoms with Gasteiger partial charge in [0.1, 0.15) is 11.6 Å². The summed E-state index contributed by atoms with van der Waals surface area (Å²) in [5.41, 5.74) is 0.688. The summed E-state index contributed by atoms with van der Waals surface area (Å²) < 4.78 is 42.7. The van der Waals surface area contributed by atoms with E-state index in [1.165, 1.54) is 12.1 Å². The molecule has 0 aliphatic heterocycles. The van der Waals surface area contributed by atoms with E-state index in [1.54, 1.807) is 0 Å². The summed E-state index contributed by atoms with van der Waals surface area (Å²) in [7, 11) is 3.87. The molecule has 4 rings (SSSR count). The minimum atomic E-state index is -4.89. The molecule has 1 aromatic heterocycles. The van der Waals surface area contributed by atoms with E-state index in [0.29, 0.717) is 23.3 Å². The van der Waals surface area contributed by atoms with Crippen LogP contribution in [0.3, 0.4) is 0 Å². The Kier molecular flexibility index (Phi) is 10.7. The number of carbonyl (C=O) groups excluding carboxylic acids is 1. The molecule has 1 aliphatic rings. The molecular formula is C24H27BrCl2F3N5O2. The standard InChI is InChI=1S/C24H25BrF3N5O2.2ClH/c1-33(2)21-17-5-3-4-6-19(17)31-23(32-21)30-16-10-8-15(9-11-16)29-22(34)18-12-7-14(25)13-20(18)35-24(26,27)28;;/h3-7,12-13,15-16H,8-11H2,1-2H3,(H,29,34)(H,30,31,32);2*1H. The number of ether oxygens (including phenoxy) is 1. The average Bonchev–Trinajstić information content (AvgIpc) is 2.78. The minimum Gasteiger partial charge on any atom is -0.405 e. The number of rotatable bonds is 6. The molecule has 0 radical (unpaired) electrons. The Morgan fingerprint density at radius 1 is 1.03 bits per heavy atom. The Balaban J connectivity index is 0.00000241. The maximum Gasteiger partial charge on any atom is 0.573 e. The zero-order valence-corrected chi connectivity index (χ0v) is 23.2. The molecule has 2 aromatic carbocycles. The number of hydrogen-bond donors (Lipinski definition) is 2. The number of para-hydroxylation sites is 1. The second-order valence-electron chi connectivity index (χ2n) is 8.64. The number of alkyl halides is 3. The van der Waals surface area contributed by atoms with Gasteiger partial charge in [0.2, 0.25) is 5.95 Å². The van der Waals surface area contributed by atoms with Crippen molar-refractivity contribution in [3.8, 4) is 5.75 Å². The lowest BCUT2D eigenvalue weighted by molar-refractivity contribution is -0.274. The first kappa shape index (κ1) is 30.7. The normalized spacial score (nSPS) is 17.2. The summed E-state index contributed by atoms with van der Waals surface area (Å²) in [6, 6.07) is 11.7. The largest absolute Gasteiger partial charge is 0.573 e. The molecule has 1 saturated carbocycles. The van der Waals surface area contributed by atoms with Gasteiger partial charge in [-0.2, -0.15) is 4.98 Å². The first-order valence-corrected chi connectivity index (χ1v) is 11.9. The van der Waals surface area contributed by atoms with E-state index in [1.807, 2.05) is 43.3 Å². The summed E-state index contributed by atoms with van der Waals surface area (Å²) in [5, 5.41) is 7.22. The fraction of sp³-hybridized carbons (Fsp3) is 0.375. The molecule has 1 heterocycles. The molecule has 1 aliphatic carbocycles. The molecule has 13 heteroatoms. The molecule has 0 unspecified atom stereocenters. The van der Waals surface area contributed by atoms with Crippen LogP contribution < -0.4 is 20.3 Å². The van der Waals surface area contributed by atoms with E-state index in [-0.39, 0.29) is 42.5 Å². The van der Waals surface area contributed by atoms with Crippen LogP contribution >= 0.6 is 40.7 Å². The quantitative estimate of drug-likeness (QED) is 0.333. The molecule has 3 aromatic rings. The molecule has 1 fully saturated rings. The number of halogens is 6. The van der Waals surface area contributed by atoms with E-state index in [2.05, 4.69) is 41.3 Å². The zero-order valence-electron chi connectivity index (χ0n) is 20.0. The molecule has 1 amide bonds. The van der Waals surface area contributed by atoms with Gasteiger partial charge in [0, 0.05) is 36.0 Å². The number of nitrogens with zero attached hydrogens (tertiary/aromatic N) is 3. The van der Waals surface area contributed by atoms with Gasteiger partial charge < -0.3 is 20.3 Å². The fourth-order valence-corrected chi connectivity index (χ4v) is 4.53. The van der Waals surface area contributed by atoms with Crippen molar-refractivity contribution in [1.82, 2.24) is 15.3 Å². The van der Waals surface area contributed by atoms with Crippen molar-refractivity contribution in [2.45, 2.75) is 44.1 Å². The van der Waals surface area contributed by atoms with E-state index >= 15 is 0 Å². The highest BCUT2D eigenvalue weighted by Crippen LogP contribution is 2.30. The summed E-state index contributed by atoms with van der Waals surface area (Å²) in [6.45, 7) is 0. The second kappa shape index (κ2) is 12.8.